The summed E-state index contributed by atoms with van der Waals surface area (Å²) < 4.78 is 26.4. The van der Waals surface area contributed by atoms with Crippen LogP contribution in [0, 0.1) is 5.92 Å². The monoisotopic (exact) mass is 327 g/mol. The first-order chi connectivity index (χ1) is 8.84. The van der Waals surface area contributed by atoms with Crippen LogP contribution in [0.4, 0.5) is 0 Å². The van der Waals surface area contributed by atoms with Gasteiger partial charge in [0.05, 0.1) is 0 Å². The number of hydrogen-bond acceptors (Lipinski definition) is 4. The molecule has 1 amide bonds. The summed E-state index contributed by atoms with van der Waals surface area (Å²) in [6, 6.07) is 0. The largest absolute Gasteiger partial charge is 0.348 e. The lowest BCUT2D eigenvalue weighted by Crippen LogP contribution is -2.43. The van der Waals surface area contributed by atoms with Gasteiger partial charge in [-0.2, -0.15) is 0 Å². The molecule has 6 nitrogen and oxygen atoms in total. The van der Waals surface area contributed by atoms with E-state index in [2.05, 4.69) is 10.0 Å². The predicted molar refractivity (Wildman–Crippen MR) is 82.5 cm³/mol. The number of carbonyl (C=O) groups is 1. The summed E-state index contributed by atoms with van der Waals surface area (Å²) in [6.07, 6.45) is 3.10. The molecule has 20 heavy (non-hydrogen) atoms. The second-order valence-electron chi connectivity index (χ2n) is 5.32. The Morgan fingerprint density at radius 1 is 1.45 bits per heavy atom. The van der Waals surface area contributed by atoms with E-state index in [-0.39, 0.29) is 12.4 Å². The van der Waals surface area contributed by atoms with E-state index >= 15 is 0 Å². The van der Waals surface area contributed by atoms with Crippen LogP contribution >= 0.6 is 12.4 Å². The van der Waals surface area contributed by atoms with E-state index < -0.39 is 21.2 Å². The van der Waals surface area contributed by atoms with Crippen molar-refractivity contribution >= 4 is 28.3 Å². The van der Waals surface area contributed by atoms with Crippen LogP contribution in [-0.4, -0.2) is 58.2 Å². The van der Waals surface area contributed by atoms with E-state index in [1.807, 2.05) is 0 Å². The lowest BCUT2D eigenvalue weighted by Gasteiger charge is -2.23. The van der Waals surface area contributed by atoms with Crippen LogP contribution in [0.2, 0.25) is 0 Å². The number of sulfonamides is 1. The fourth-order valence-electron chi connectivity index (χ4n) is 2.20. The number of amides is 1. The Labute approximate surface area is 128 Å². The van der Waals surface area contributed by atoms with Crippen molar-refractivity contribution in [3.8, 4) is 0 Å². The summed E-state index contributed by atoms with van der Waals surface area (Å²) in [7, 11) is -0.452. The number of nitrogens with one attached hydrogen (secondary N) is 2. The molecule has 0 aromatic heterocycles. The molecule has 1 aliphatic heterocycles. The Kier molecular flexibility index (Phi) is 8.65. The first kappa shape index (κ1) is 19.6. The summed E-state index contributed by atoms with van der Waals surface area (Å²) in [5, 5.41) is 2.27. The van der Waals surface area contributed by atoms with Crippen molar-refractivity contribution in [3.63, 3.8) is 0 Å². The van der Waals surface area contributed by atoms with Crippen molar-refractivity contribution in [2.45, 2.75) is 31.4 Å². The van der Waals surface area contributed by atoms with Crippen LogP contribution in [0.25, 0.3) is 0 Å². The van der Waals surface area contributed by atoms with E-state index in [1.54, 1.807) is 14.1 Å². The molecule has 0 bridgehead atoms. The molecule has 1 saturated heterocycles. The molecular weight excluding hydrogens is 302 g/mol. The van der Waals surface area contributed by atoms with Gasteiger partial charge in [-0.25, -0.2) is 13.1 Å². The van der Waals surface area contributed by atoms with Gasteiger partial charge < -0.3 is 10.2 Å². The molecule has 1 aliphatic rings. The average Bonchev–Trinajstić information content (AvgIpc) is 2.37. The number of rotatable bonds is 6. The zero-order chi connectivity index (χ0) is 14.5. The van der Waals surface area contributed by atoms with Gasteiger partial charge in [-0.15, -0.1) is 12.4 Å². The number of piperidine rings is 1. The molecule has 2 atom stereocenters. The molecule has 0 spiro atoms. The van der Waals surface area contributed by atoms with E-state index in [4.69, 9.17) is 0 Å². The van der Waals surface area contributed by atoms with Crippen LogP contribution in [0.3, 0.4) is 0 Å². The van der Waals surface area contributed by atoms with Crippen LogP contribution in [0.5, 0.6) is 0 Å². The van der Waals surface area contributed by atoms with Gasteiger partial charge in [0.15, 0.2) is 5.25 Å². The van der Waals surface area contributed by atoms with Gasteiger partial charge in [0.1, 0.15) is 0 Å². The third-order valence-electron chi connectivity index (χ3n) is 3.51. The molecule has 2 N–H and O–H groups in total. The maximum Gasteiger partial charge on any atom is 0.241 e. The maximum absolute atomic E-state index is 11.9. The van der Waals surface area contributed by atoms with Gasteiger partial charge in [-0.3, -0.25) is 4.79 Å². The van der Waals surface area contributed by atoms with Crippen LogP contribution < -0.4 is 10.0 Å². The minimum atomic E-state index is -3.57. The molecular formula is C12H26ClN3O3S. The molecule has 1 rings (SSSR count). The minimum absolute atomic E-state index is 0. The van der Waals surface area contributed by atoms with Gasteiger partial charge >= 0.3 is 0 Å². The average molecular weight is 328 g/mol. The molecule has 0 aromatic carbocycles. The Hall–Kier alpha value is -0.370. The summed E-state index contributed by atoms with van der Waals surface area (Å²) in [5.74, 6) is 0.128. The molecule has 0 saturated carbocycles. The second kappa shape index (κ2) is 8.81. The molecule has 2 unspecified atom stereocenters. The number of nitrogens with zero attached hydrogens (tertiary/aromatic N) is 1. The smallest absolute Gasteiger partial charge is 0.241 e. The van der Waals surface area contributed by atoms with Gasteiger partial charge in [0, 0.05) is 20.6 Å². The number of hydrogen-bond donors (Lipinski definition) is 2. The van der Waals surface area contributed by atoms with E-state index in [0.29, 0.717) is 12.5 Å². The van der Waals surface area contributed by atoms with E-state index in [0.717, 1.165) is 32.4 Å². The standard InChI is InChI=1S/C12H25N3O3S.ClH/c1-10(12(16)15(2)3)19(17,18)14-8-6-11-5-4-7-13-9-11;/h10-11,13-14H,4-9H2,1-3H3;1H. The molecule has 1 fully saturated rings. The Morgan fingerprint density at radius 3 is 2.60 bits per heavy atom. The Bertz CT molecular complexity index is 395. The van der Waals surface area contributed by atoms with Crippen molar-refractivity contribution in [3.05, 3.63) is 0 Å². The fourth-order valence-corrected chi connectivity index (χ4v) is 3.33. The summed E-state index contributed by atoms with van der Waals surface area (Å²) in [5.41, 5.74) is 0. The highest BCUT2D eigenvalue weighted by Gasteiger charge is 2.28. The number of carbonyl (C=O) groups excluding carboxylic acids is 1. The molecule has 8 heteroatoms. The minimum Gasteiger partial charge on any atom is -0.348 e. The first-order valence-corrected chi connectivity index (χ1v) is 8.29. The van der Waals surface area contributed by atoms with Crippen LogP contribution in [-0.2, 0) is 14.8 Å². The van der Waals surface area contributed by atoms with Gasteiger partial charge in [-0.05, 0) is 45.2 Å². The van der Waals surface area contributed by atoms with Crippen molar-refractivity contribution in [1.82, 2.24) is 14.9 Å². The topological polar surface area (TPSA) is 78.5 Å². The SMILES string of the molecule is CC(C(=O)N(C)C)S(=O)(=O)NCCC1CCCNC1.Cl. The van der Waals surface area contributed by atoms with Crippen LogP contribution in [0.1, 0.15) is 26.2 Å². The zero-order valence-corrected chi connectivity index (χ0v) is 14.0. The normalized spacial score (nSPS) is 20.9. The molecule has 0 radical (unpaired) electrons. The summed E-state index contributed by atoms with van der Waals surface area (Å²) >= 11 is 0. The maximum atomic E-state index is 11.9. The molecule has 120 valence electrons. The van der Waals surface area contributed by atoms with Crippen molar-refractivity contribution < 1.29 is 13.2 Å². The van der Waals surface area contributed by atoms with Crippen molar-refractivity contribution in [1.29, 1.82) is 0 Å². The summed E-state index contributed by atoms with van der Waals surface area (Å²) in [6.45, 7) is 3.83. The van der Waals surface area contributed by atoms with Gasteiger partial charge in [-0.1, -0.05) is 0 Å². The lowest BCUT2D eigenvalue weighted by molar-refractivity contribution is -0.127. The molecule has 0 aliphatic carbocycles. The fraction of sp³-hybridized carbons (Fsp3) is 0.917. The quantitative estimate of drug-likeness (QED) is 0.730. The number of halogens is 1. The van der Waals surface area contributed by atoms with E-state index in [1.165, 1.54) is 11.8 Å². The molecule has 0 aromatic rings. The first-order valence-electron chi connectivity index (χ1n) is 6.75. The van der Waals surface area contributed by atoms with Gasteiger partial charge in [0.25, 0.3) is 0 Å². The van der Waals surface area contributed by atoms with Crippen LogP contribution in [0.15, 0.2) is 0 Å². The summed E-state index contributed by atoms with van der Waals surface area (Å²) in [4.78, 5) is 13.0. The third kappa shape index (κ3) is 5.95. The predicted octanol–water partition coefficient (Wildman–Crippen LogP) is 0.194. The lowest BCUT2D eigenvalue weighted by atomic mass is 9.96. The van der Waals surface area contributed by atoms with Crippen molar-refractivity contribution in [2.24, 2.45) is 5.92 Å². The second-order valence-corrected chi connectivity index (χ2v) is 7.40. The highest BCUT2D eigenvalue weighted by atomic mass is 35.5. The highest BCUT2D eigenvalue weighted by Crippen LogP contribution is 2.13. The van der Waals surface area contributed by atoms with Gasteiger partial charge in [0.2, 0.25) is 15.9 Å². The zero-order valence-electron chi connectivity index (χ0n) is 12.4. The molecule has 1 heterocycles. The Balaban J connectivity index is 0.00000361. The van der Waals surface area contributed by atoms with Crippen molar-refractivity contribution in [2.75, 3.05) is 33.7 Å². The highest BCUT2D eigenvalue weighted by molar-refractivity contribution is 7.90. The van der Waals surface area contributed by atoms with E-state index in [9.17, 15) is 13.2 Å². The third-order valence-corrected chi connectivity index (χ3v) is 5.25. The Morgan fingerprint density at radius 2 is 2.10 bits per heavy atom.